The first-order valence-electron chi connectivity index (χ1n) is 21.7. The lowest BCUT2D eigenvalue weighted by molar-refractivity contribution is -0.388. The predicted octanol–water partition coefficient (Wildman–Crippen LogP) is -12.9. The molecular weight excluding hydrogens is 978 g/mol. The van der Waals surface area contributed by atoms with Gasteiger partial charge in [0.1, 0.15) is 92.1 Å². The van der Waals surface area contributed by atoms with Gasteiger partial charge in [0.15, 0.2) is 12.6 Å². The summed E-state index contributed by atoms with van der Waals surface area (Å²) in [7, 11) is 0. The molecule has 20 N–H and O–H groups in total. The van der Waals surface area contributed by atoms with Crippen LogP contribution in [0.5, 0.6) is 0 Å². The number of hydrogen-bond acceptors (Lipinski definition) is 28. The van der Waals surface area contributed by atoms with Gasteiger partial charge in [-0.1, -0.05) is 0 Å². The molecule has 0 bridgehead atoms. The van der Waals surface area contributed by atoms with Crippen LogP contribution in [0.2, 0.25) is 0 Å². The molecule has 0 radical (unpaired) electrons. The first-order chi connectivity index (χ1) is 33.4. The van der Waals surface area contributed by atoms with Gasteiger partial charge < -0.3 is 141 Å². The molecule has 23 atom stereocenters. The Morgan fingerprint density at radius 3 is 1.77 bits per heavy atom. The molecule has 0 aromatic rings. The predicted molar refractivity (Wildman–Crippen MR) is 217 cm³/mol. The quantitative estimate of drug-likeness (QED) is 0.0378. The number of ether oxygens (including phenoxy) is 8. The Bertz CT molecular complexity index is 1760. The Morgan fingerprint density at radius 2 is 1.25 bits per heavy atom. The van der Waals surface area contributed by atoms with Crippen LogP contribution in [0.4, 0.5) is 0 Å². The maximum absolute atomic E-state index is 13.3. The van der Waals surface area contributed by atoms with Crippen molar-refractivity contribution in [3.05, 3.63) is 0 Å². The summed E-state index contributed by atoms with van der Waals surface area (Å²) in [5.74, 6) is -13.3. The third-order valence-corrected chi connectivity index (χ3v) is 12.0. The standard InChI is InChI=1S/C38H63N3O30/c1-12(49)40-21-14(50)2-37(35(60)61,69-30(21)23(54)16(52)5-43)68-18(7-45)25(56)31-22(41-20(53)9-47)15(51)3-38(70-31,36(62)63)71-32-24(55)17(6-44)65-34(28(32)59)67-29-19(8-46)66-33(27(58)26(29)57)64-10-13(4-42)39-11-48/h11,13-19,21-34,42-47,50-52,54-59H,2-10H2,1H3,(H,39,48)(H,40,49)(H,41,53)(H,60,61)(H,62,63)/t13-,14+,15+,16-,17-,18-,19-,21-,22-,23-,24+,25-,26-,27-,28-,29-,30-,31-,32+,33-,34+,37-,38+/m1/s1. The molecule has 0 unspecified atom stereocenters. The van der Waals surface area contributed by atoms with Crippen LogP contribution >= 0.6 is 0 Å². The second kappa shape index (κ2) is 26.1. The number of rotatable bonds is 25. The van der Waals surface area contributed by atoms with Crippen LogP contribution in [0, 0.1) is 0 Å². The Kier molecular flexibility index (Phi) is 22.0. The fourth-order valence-electron chi connectivity index (χ4n) is 8.34. The number of carbonyl (C=O) groups excluding carboxylic acids is 3. The van der Waals surface area contributed by atoms with Gasteiger partial charge in [0.05, 0.1) is 70.0 Å². The van der Waals surface area contributed by atoms with Crippen LogP contribution in [0.15, 0.2) is 0 Å². The van der Waals surface area contributed by atoms with E-state index in [0.29, 0.717) is 0 Å². The van der Waals surface area contributed by atoms with Crippen LogP contribution in [0.3, 0.4) is 0 Å². The van der Waals surface area contributed by atoms with Gasteiger partial charge in [-0.2, -0.15) is 0 Å². The van der Waals surface area contributed by atoms with Gasteiger partial charge in [-0.25, -0.2) is 9.59 Å². The fourth-order valence-corrected chi connectivity index (χ4v) is 8.34. The van der Waals surface area contributed by atoms with E-state index in [4.69, 9.17) is 37.9 Å². The second-order valence-corrected chi connectivity index (χ2v) is 17.0. The van der Waals surface area contributed by atoms with Crippen molar-refractivity contribution in [3.8, 4) is 0 Å². The molecule has 4 saturated heterocycles. The highest BCUT2D eigenvalue weighted by atomic mass is 16.8. The molecule has 3 amide bonds. The molecule has 33 nitrogen and oxygen atoms in total. The molecule has 0 aromatic carbocycles. The number of carboxylic acid groups (broad SMARTS) is 2. The topological polar surface area (TPSA) is 539 Å². The number of carboxylic acids is 2. The number of amides is 3. The molecule has 4 fully saturated rings. The molecule has 0 saturated carbocycles. The molecule has 0 aliphatic carbocycles. The SMILES string of the molecule is CC(=O)N[C@H]1[C@H]([C@H](O)[C@H](O)CO)O[C@@](O[C@H](CO)[C@@H](O)[C@@H]2O[C@@](O[C@H]3[C@@H](O)[C@@H](CO)O[C@@H](O[C@H]4[C@H](O)[C@@H](O)[C@H](OC[C@@H](CO)NC=O)O[C@@H]4CO)[C@@H]3O)(C(=O)O)C[C@H](O)[C@H]2NC(=O)CO)(C(=O)O)C[C@@H]1O. The zero-order valence-corrected chi connectivity index (χ0v) is 37.5. The molecule has 71 heavy (non-hydrogen) atoms. The van der Waals surface area contributed by atoms with Crippen molar-refractivity contribution in [2.45, 2.75) is 160 Å². The maximum Gasteiger partial charge on any atom is 0.364 e. The molecule has 33 heteroatoms. The third kappa shape index (κ3) is 13.6. The normalized spacial score (nSPS) is 39.8. The lowest BCUT2D eigenvalue weighted by Gasteiger charge is -2.51. The summed E-state index contributed by atoms with van der Waals surface area (Å²) in [6.45, 7) is -6.30. The highest BCUT2D eigenvalue weighted by molar-refractivity contribution is 5.78. The molecule has 4 aliphatic heterocycles. The minimum absolute atomic E-state index is 0.242. The van der Waals surface area contributed by atoms with Gasteiger partial charge in [-0.15, -0.1) is 0 Å². The number of nitrogens with one attached hydrogen (secondary N) is 3. The smallest absolute Gasteiger partial charge is 0.364 e. The lowest BCUT2D eigenvalue weighted by atomic mass is 9.87. The van der Waals surface area contributed by atoms with E-state index in [1.54, 1.807) is 0 Å². The van der Waals surface area contributed by atoms with E-state index in [2.05, 4.69) is 10.6 Å². The largest absolute Gasteiger partial charge is 0.477 e. The van der Waals surface area contributed by atoms with Crippen molar-refractivity contribution in [2.24, 2.45) is 0 Å². The van der Waals surface area contributed by atoms with Crippen molar-refractivity contribution in [2.75, 3.05) is 46.2 Å². The molecular formula is C38H63N3O30. The summed E-state index contributed by atoms with van der Waals surface area (Å²) in [5, 5.41) is 187. The van der Waals surface area contributed by atoms with Gasteiger partial charge >= 0.3 is 11.9 Å². The molecule has 4 heterocycles. The van der Waals surface area contributed by atoms with Crippen LogP contribution < -0.4 is 16.0 Å². The van der Waals surface area contributed by atoms with E-state index < -0.39 is 223 Å². The first-order valence-corrected chi connectivity index (χ1v) is 21.7. The van der Waals surface area contributed by atoms with E-state index in [9.17, 15) is 111 Å². The van der Waals surface area contributed by atoms with E-state index in [1.807, 2.05) is 5.32 Å². The third-order valence-electron chi connectivity index (χ3n) is 12.0. The lowest BCUT2D eigenvalue weighted by Crippen LogP contribution is -2.72. The fraction of sp³-hybridized carbons (Fsp3) is 0.868. The van der Waals surface area contributed by atoms with Crippen molar-refractivity contribution >= 4 is 30.2 Å². The van der Waals surface area contributed by atoms with Gasteiger partial charge in [0.2, 0.25) is 18.2 Å². The van der Waals surface area contributed by atoms with Gasteiger partial charge in [-0.3, -0.25) is 14.4 Å². The van der Waals surface area contributed by atoms with Gasteiger partial charge in [0, 0.05) is 19.8 Å². The Hall–Kier alpha value is -3.57. The summed E-state index contributed by atoms with van der Waals surface area (Å²) in [5.41, 5.74) is 0. The number of aliphatic hydroxyl groups excluding tert-OH is 15. The van der Waals surface area contributed by atoms with E-state index in [0.717, 1.165) is 6.92 Å². The van der Waals surface area contributed by atoms with E-state index >= 15 is 0 Å². The Labute approximate surface area is 400 Å². The van der Waals surface area contributed by atoms with Gasteiger partial charge in [0.25, 0.3) is 11.6 Å². The second-order valence-electron chi connectivity index (χ2n) is 17.0. The van der Waals surface area contributed by atoms with Crippen LogP contribution in [0.1, 0.15) is 19.8 Å². The summed E-state index contributed by atoms with van der Waals surface area (Å²) in [6, 6.07) is -4.79. The minimum atomic E-state index is -3.43. The van der Waals surface area contributed by atoms with Gasteiger partial charge in [-0.05, 0) is 0 Å². The number of hydrogen-bond donors (Lipinski definition) is 20. The van der Waals surface area contributed by atoms with Crippen LogP contribution in [-0.4, -0.2) is 303 Å². The van der Waals surface area contributed by atoms with Crippen LogP contribution in [-0.2, 0) is 61.9 Å². The highest BCUT2D eigenvalue weighted by Crippen LogP contribution is 2.40. The Morgan fingerprint density at radius 1 is 0.690 bits per heavy atom. The van der Waals surface area contributed by atoms with Crippen molar-refractivity contribution in [3.63, 3.8) is 0 Å². The summed E-state index contributed by atoms with van der Waals surface area (Å²) < 4.78 is 44.5. The monoisotopic (exact) mass is 1040 g/mol. The zero-order valence-electron chi connectivity index (χ0n) is 37.5. The molecule has 4 rings (SSSR count). The molecule has 0 aromatic heterocycles. The molecule has 410 valence electrons. The average molecular weight is 1040 g/mol. The summed E-state index contributed by atoms with van der Waals surface area (Å²) in [6.07, 6.45) is -41.5. The number of aliphatic hydroxyl groups is 15. The van der Waals surface area contributed by atoms with Crippen molar-refractivity contribution in [1.82, 2.24) is 16.0 Å². The number of aliphatic carboxylic acids is 2. The van der Waals surface area contributed by atoms with Crippen LogP contribution in [0.25, 0.3) is 0 Å². The zero-order chi connectivity index (χ0) is 53.3. The molecule has 4 aliphatic rings. The van der Waals surface area contributed by atoms with Crippen molar-refractivity contribution in [1.29, 1.82) is 0 Å². The molecule has 0 spiro atoms. The van der Waals surface area contributed by atoms with Crippen molar-refractivity contribution < 1.29 is 149 Å². The summed E-state index contributed by atoms with van der Waals surface area (Å²) >= 11 is 0. The van der Waals surface area contributed by atoms with E-state index in [1.165, 1.54) is 0 Å². The van der Waals surface area contributed by atoms with E-state index in [-0.39, 0.29) is 6.41 Å². The average Bonchev–Trinajstić information content (AvgIpc) is 3.33. The maximum atomic E-state index is 13.3. The Balaban J connectivity index is 1.69. The number of carbonyl (C=O) groups is 5. The minimum Gasteiger partial charge on any atom is -0.477 e. The highest BCUT2D eigenvalue weighted by Gasteiger charge is 2.62. The summed E-state index contributed by atoms with van der Waals surface area (Å²) in [4.78, 5) is 61.5. The first kappa shape index (κ1) is 60.0.